The van der Waals surface area contributed by atoms with Crippen molar-refractivity contribution < 1.29 is 14.6 Å². The van der Waals surface area contributed by atoms with Crippen molar-refractivity contribution in [2.45, 2.75) is 61.3 Å². The first-order valence-corrected chi connectivity index (χ1v) is 13.1. The zero-order chi connectivity index (χ0) is 24.8. The number of phenolic OH excluding ortho intramolecular Hbond substituents is 1. The third-order valence-corrected chi connectivity index (χ3v) is 6.10. The zero-order valence-electron chi connectivity index (χ0n) is 21.5. The average molecular weight is 475 g/mol. The number of rotatable bonds is 7. The van der Waals surface area contributed by atoms with Gasteiger partial charge < -0.3 is 14.7 Å². The monoisotopic (exact) mass is 474 g/mol. The second-order valence-corrected chi connectivity index (χ2v) is 8.73. The number of amides is 1. The predicted molar refractivity (Wildman–Crippen MR) is 141 cm³/mol. The number of ether oxygens (including phenoxy) is 1. The first kappa shape index (κ1) is 28.9. The number of phenols is 1. The summed E-state index contributed by atoms with van der Waals surface area (Å²) in [4.78, 5) is 14.6. The van der Waals surface area contributed by atoms with E-state index in [1.54, 1.807) is 24.3 Å². The summed E-state index contributed by atoms with van der Waals surface area (Å²) in [6.07, 6.45) is 1.28. The maximum atomic E-state index is 12.6. The molecule has 5 nitrogen and oxygen atoms in total. The number of benzene rings is 2. The van der Waals surface area contributed by atoms with Crippen molar-refractivity contribution in [1.29, 1.82) is 0 Å². The molecule has 1 aliphatic rings. The summed E-state index contributed by atoms with van der Waals surface area (Å²) in [5.74, 6) is 3.06. The minimum Gasteiger partial charge on any atom is -0.508 e. The summed E-state index contributed by atoms with van der Waals surface area (Å²) < 4.78 is 8.36. The molecule has 2 aromatic carbocycles. The van der Waals surface area contributed by atoms with Crippen molar-refractivity contribution in [1.82, 2.24) is 9.21 Å². The van der Waals surface area contributed by atoms with E-state index in [4.69, 9.17) is 4.74 Å². The van der Waals surface area contributed by atoms with Crippen LogP contribution in [0.2, 0.25) is 0 Å². The molecule has 0 atom stereocenters. The third-order valence-electron chi connectivity index (χ3n) is 5.11. The molecule has 1 saturated heterocycles. The Morgan fingerprint density at radius 2 is 1.52 bits per heavy atom. The number of hydrogen-bond donors (Lipinski definition) is 1. The Morgan fingerprint density at radius 1 is 0.970 bits per heavy atom. The summed E-state index contributed by atoms with van der Waals surface area (Å²) in [6.45, 7) is 17.8. The van der Waals surface area contributed by atoms with E-state index < -0.39 is 0 Å². The van der Waals surface area contributed by atoms with Crippen molar-refractivity contribution in [3.8, 4) is 17.2 Å². The molecular formula is C27H42N2O3S. The van der Waals surface area contributed by atoms with E-state index in [9.17, 15) is 9.90 Å². The van der Waals surface area contributed by atoms with Crippen LogP contribution >= 0.6 is 11.9 Å². The number of aromatic hydroxyl groups is 1. The topological polar surface area (TPSA) is 53.0 Å². The minimum absolute atomic E-state index is 0.219. The molecule has 0 unspecified atom stereocenters. The molecule has 1 N–H and O–H groups in total. The highest BCUT2D eigenvalue weighted by Gasteiger charge is 2.21. The molecule has 0 bridgehead atoms. The molecular weight excluding hydrogens is 432 g/mol. The molecule has 3 rings (SSSR count). The second-order valence-electron chi connectivity index (χ2n) is 7.38. The third kappa shape index (κ3) is 9.30. The number of nitrogens with zero attached hydrogens (tertiary/aromatic N) is 2. The lowest BCUT2D eigenvalue weighted by molar-refractivity contribution is -0.132. The Labute approximate surface area is 205 Å². The fourth-order valence-corrected chi connectivity index (χ4v) is 4.42. The first-order chi connectivity index (χ1) is 16.0. The molecule has 0 radical (unpaired) electrons. The summed E-state index contributed by atoms with van der Waals surface area (Å²) in [5, 5.41) is 9.41. The predicted octanol–water partition coefficient (Wildman–Crippen LogP) is 6.60. The average Bonchev–Trinajstić information content (AvgIpc) is 2.84. The van der Waals surface area contributed by atoms with Gasteiger partial charge in [-0.3, -0.25) is 4.79 Å². The van der Waals surface area contributed by atoms with E-state index in [0.29, 0.717) is 12.2 Å². The van der Waals surface area contributed by atoms with Crippen molar-refractivity contribution in [2.24, 2.45) is 0 Å². The Hall–Kier alpha value is -2.18. The van der Waals surface area contributed by atoms with Gasteiger partial charge in [-0.15, -0.1) is 0 Å². The summed E-state index contributed by atoms with van der Waals surface area (Å²) in [6, 6.07) is 10.9. The summed E-state index contributed by atoms with van der Waals surface area (Å²) in [7, 11) is 0. The van der Waals surface area contributed by atoms with Crippen LogP contribution in [0.1, 0.15) is 57.7 Å². The summed E-state index contributed by atoms with van der Waals surface area (Å²) >= 11 is 1.85. The van der Waals surface area contributed by atoms with E-state index in [-0.39, 0.29) is 11.7 Å². The second kappa shape index (κ2) is 15.6. The van der Waals surface area contributed by atoms with Gasteiger partial charge in [-0.25, -0.2) is 4.31 Å². The largest absolute Gasteiger partial charge is 0.508 e. The van der Waals surface area contributed by atoms with E-state index in [0.717, 1.165) is 60.8 Å². The van der Waals surface area contributed by atoms with Crippen LogP contribution in [0, 0.1) is 13.8 Å². The maximum Gasteiger partial charge on any atom is 0.222 e. The molecule has 0 aromatic heterocycles. The van der Waals surface area contributed by atoms with Crippen LogP contribution in [-0.4, -0.2) is 52.2 Å². The molecule has 0 saturated carbocycles. The van der Waals surface area contributed by atoms with Gasteiger partial charge in [0.1, 0.15) is 17.2 Å². The van der Waals surface area contributed by atoms with Crippen LogP contribution in [-0.2, 0) is 11.2 Å². The standard InChI is InChI=1S/C23H30N2O3S.2C2H6/c1-4-29-25-13-11-24(12-14-25)22(27)10-5-19-15-17(2)23(18(3)16-19)28-21-8-6-20(26)7-9-21;2*1-2/h6-9,15-16,26H,4-5,10-14H2,1-3H3;2*1-2H3. The van der Waals surface area contributed by atoms with Gasteiger partial charge in [0, 0.05) is 38.4 Å². The van der Waals surface area contributed by atoms with Crippen LogP contribution in [0.15, 0.2) is 36.4 Å². The first-order valence-electron chi connectivity index (χ1n) is 12.2. The van der Waals surface area contributed by atoms with E-state index in [1.165, 1.54) is 0 Å². The van der Waals surface area contributed by atoms with Crippen molar-refractivity contribution in [3.63, 3.8) is 0 Å². The van der Waals surface area contributed by atoms with E-state index >= 15 is 0 Å². The molecule has 0 aliphatic carbocycles. The zero-order valence-corrected chi connectivity index (χ0v) is 22.3. The highest BCUT2D eigenvalue weighted by atomic mass is 32.2. The molecule has 184 valence electrons. The fraction of sp³-hybridized carbons (Fsp3) is 0.519. The Morgan fingerprint density at radius 3 is 2.03 bits per heavy atom. The lowest BCUT2D eigenvalue weighted by Gasteiger charge is -2.33. The number of carbonyl (C=O) groups excluding carboxylic acids is 1. The summed E-state index contributed by atoms with van der Waals surface area (Å²) in [5.41, 5.74) is 3.25. The highest BCUT2D eigenvalue weighted by molar-refractivity contribution is 7.96. The number of carbonyl (C=O) groups is 1. The molecule has 2 aromatic rings. The Bertz CT molecular complexity index is 809. The van der Waals surface area contributed by atoms with Gasteiger partial charge in [-0.2, -0.15) is 0 Å². The van der Waals surface area contributed by atoms with Gasteiger partial charge in [0.25, 0.3) is 0 Å². The lowest BCUT2D eigenvalue weighted by atomic mass is 10.0. The fourth-order valence-electron chi connectivity index (χ4n) is 3.64. The van der Waals surface area contributed by atoms with Gasteiger partial charge in [-0.05, 0) is 61.2 Å². The van der Waals surface area contributed by atoms with Crippen LogP contribution in [0.3, 0.4) is 0 Å². The molecule has 1 aliphatic heterocycles. The minimum atomic E-state index is 0.219. The van der Waals surface area contributed by atoms with Crippen molar-refractivity contribution in [2.75, 3.05) is 31.9 Å². The van der Waals surface area contributed by atoms with Crippen LogP contribution in [0.25, 0.3) is 0 Å². The van der Waals surface area contributed by atoms with Crippen molar-refractivity contribution >= 4 is 17.9 Å². The number of piperazine rings is 1. The number of aryl methyl sites for hydroxylation is 3. The van der Waals surface area contributed by atoms with Gasteiger partial charge >= 0.3 is 0 Å². The van der Waals surface area contributed by atoms with Gasteiger partial charge in [0.15, 0.2) is 0 Å². The number of hydrogen-bond acceptors (Lipinski definition) is 5. The smallest absolute Gasteiger partial charge is 0.222 e. The van der Waals surface area contributed by atoms with Gasteiger partial charge in [0.2, 0.25) is 5.91 Å². The molecule has 1 heterocycles. The molecule has 33 heavy (non-hydrogen) atoms. The quantitative estimate of drug-likeness (QED) is 0.458. The Balaban J connectivity index is 0.00000129. The highest BCUT2D eigenvalue weighted by Crippen LogP contribution is 2.31. The van der Waals surface area contributed by atoms with Crippen LogP contribution < -0.4 is 4.74 Å². The lowest BCUT2D eigenvalue weighted by Crippen LogP contribution is -2.46. The SMILES string of the molecule is CC.CC.CCSN1CCN(C(=O)CCc2cc(C)c(Oc3ccc(O)cc3)c(C)c2)CC1. The van der Waals surface area contributed by atoms with Crippen LogP contribution in [0.4, 0.5) is 0 Å². The molecule has 1 fully saturated rings. The maximum absolute atomic E-state index is 12.6. The van der Waals surface area contributed by atoms with E-state index in [1.807, 2.05) is 58.4 Å². The Kier molecular flexibility index (Phi) is 13.7. The van der Waals surface area contributed by atoms with Gasteiger partial charge in [-0.1, -0.05) is 58.7 Å². The van der Waals surface area contributed by atoms with E-state index in [2.05, 4.69) is 23.4 Å². The van der Waals surface area contributed by atoms with Crippen LogP contribution in [0.5, 0.6) is 17.2 Å². The van der Waals surface area contributed by atoms with Crippen molar-refractivity contribution in [3.05, 3.63) is 53.1 Å². The normalized spacial score (nSPS) is 13.4. The van der Waals surface area contributed by atoms with Gasteiger partial charge in [0.05, 0.1) is 0 Å². The molecule has 1 amide bonds. The molecule has 0 spiro atoms. The molecule has 6 heteroatoms.